The van der Waals surface area contributed by atoms with Crippen LogP contribution in [0.3, 0.4) is 0 Å². The third-order valence-electron chi connectivity index (χ3n) is 2.65. The van der Waals surface area contributed by atoms with Crippen molar-refractivity contribution in [1.29, 1.82) is 0 Å². The van der Waals surface area contributed by atoms with Crippen LogP contribution in [-0.2, 0) is 14.3 Å². The lowest BCUT2D eigenvalue weighted by atomic mass is 10.4. The number of morpholine rings is 1. The molecule has 3 aliphatic rings. The van der Waals surface area contributed by atoms with E-state index in [0.717, 1.165) is 65.1 Å². The first-order valence-electron chi connectivity index (χ1n) is 6.61. The Bertz CT molecular complexity index is 209. The van der Waals surface area contributed by atoms with E-state index in [9.17, 15) is 9.59 Å². The van der Waals surface area contributed by atoms with Crippen molar-refractivity contribution in [2.45, 2.75) is 48.0 Å². The molecule has 0 aromatic heterocycles. The molecule has 3 saturated heterocycles. The molecule has 3 rings (SSSR count). The Kier molecular flexibility index (Phi) is 20.0. The van der Waals surface area contributed by atoms with Crippen LogP contribution in [0, 0.1) is 0 Å². The average molecular weight is 305 g/mol. The third kappa shape index (κ3) is 15.1. The first kappa shape index (κ1) is 24.9. The second kappa shape index (κ2) is 16.9. The van der Waals surface area contributed by atoms with Gasteiger partial charge in [0.1, 0.15) is 0 Å². The van der Waals surface area contributed by atoms with Gasteiger partial charge in [0.25, 0.3) is 0 Å². The summed E-state index contributed by atoms with van der Waals surface area (Å²) in [6.45, 7) is 5.61. The fraction of sp³-hybridized carbons (Fsp3) is 0.867. The summed E-state index contributed by atoms with van der Waals surface area (Å²) in [5, 5.41) is 8.52. The first-order valence-corrected chi connectivity index (χ1v) is 6.61. The van der Waals surface area contributed by atoms with Gasteiger partial charge in [0, 0.05) is 39.0 Å². The van der Waals surface area contributed by atoms with E-state index in [1.807, 2.05) is 0 Å². The second-order valence-electron chi connectivity index (χ2n) is 4.27. The highest BCUT2D eigenvalue weighted by Gasteiger charge is 2.06. The molecule has 3 fully saturated rings. The molecule has 2 amide bonds. The molecule has 6 nitrogen and oxygen atoms in total. The van der Waals surface area contributed by atoms with Gasteiger partial charge in [0.2, 0.25) is 11.8 Å². The van der Waals surface area contributed by atoms with Crippen molar-refractivity contribution in [1.82, 2.24) is 16.0 Å². The molecule has 0 atom stereocenters. The Morgan fingerprint density at radius 1 is 0.714 bits per heavy atom. The number of ether oxygens (including phenoxy) is 1. The maximum atomic E-state index is 10.1. The molecule has 21 heavy (non-hydrogen) atoms. The summed E-state index contributed by atoms with van der Waals surface area (Å²) < 4.78 is 5.01. The van der Waals surface area contributed by atoms with Crippen LogP contribution in [-0.4, -0.2) is 51.2 Å². The molecule has 0 aliphatic carbocycles. The summed E-state index contributed by atoms with van der Waals surface area (Å²) in [4.78, 5) is 20.3. The van der Waals surface area contributed by atoms with Crippen LogP contribution in [0.1, 0.15) is 48.0 Å². The zero-order chi connectivity index (χ0) is 13.1. The Hall–Kier alpha value is -1.14. The van der Waals surface area contributed by atoms with Crippen molar-refractivity contribution in [3.05, 3.63) is 0 Å². The zero-order valence-corrected chi connectivity index (χ0v) is 10.8. The Morgan fingerprint density at radius 2 is 1.14 bits per heavy atom. The summed E-state index contributed by atoms with van der Waals surface area (Å²) in [5.74, 6) is 0.407. The van der Waals surface area contributed by atoms with Gasteiger partial charge < -0.3 is 20.7 Å². The molecule has 0 bridgehead atoms. The van der Waals surface area contributed by atoms with Crippen molar-refractivity contribution in [2.24, 2.45) is 0 Å². The van der Waals surface area contributed by atoms with Crippen molar-refractivity contribution in [3.63, 3.8) is 0 Å². The van der Waals surface area contributed by atoms with Crippen LogP contribution in [0.25, 0.3) is 0 Å². The quantitative estimate of drug-likeness (QED) is 0.630. The van der Waals surface area contributed by atoms with E-state index >= 15 is 0 Å². The molecular formula is C15H35N3O3. The number of hydrogen-bond donors (Lipinski definition) is 3. The predicted molar refractivity (Wildman–Crippen MR) is 88.4 cm³/mol. The topological polar surface area (TPSA) is 79.5 Å². The maximum Gasteiger partial charge on any atom is 0.220 e. The van der Waals surface area contributed by atoms with Gasteiger partial charge in [-0.2, -0.15) is 0 Å². The summed E-state index contributed by atoms with van der Waals surface area (Å²) >= 11 is 0. The molecule has 3 heterocycles. The van der Waals surface area contributed by atoms with Gasteiger partial charge in [0.15, 0.2) is 0 Å². The third-order valence-corrected chi connectivity index (χ3v) is 2.65. The lowest BCUT2D eigenvalue weighted by Gasteiger charge is -2.10. The maximum absolute atomic E-state index is 10.1. The van der Waals surface area contributed by atoms with Crippen LogP contribution in [0.5, 0.6) is 0 Å². The van der Waals surface area contributed by atoms with E-state index in [1.165, 1.54) is 0 Å². The van der Waals surface area contributed by atoms with Gasteiger partial charge in [-0.3, -0.25) is 9.59 Å². The van der Waals surface area contributed by atoms with Crippen molar-refractivity contribution in [2.75, 3.05) is 39.4 Å². The number of amides is 2. The highest BCUT2D eigenvalue weighted by molar-refractivity contribution is 5.77. The van der Waals surface area contributed by atoms with Crippen molar-refractivity contribution >= 4 is 11.8 Å². The van der Waals surface area contributed by atoms with Gasteiger partial charge in [-0.1, -0.05) is 22.3 Å². The predicted octanol–water partition coefficient (Wildman–Crippen LogP) is 1.31. The Labute approximate surface area is 130 Å². The number of carbonyl (C=O) groups excluding carboxylic acids is 2. The molecule has 6 heteroatoms. The van der Waals surface area contributed by atoms with E-state index in [2.05, 4.69) is 16.0 Å². The van der Waals surface area contributed by atoms with E-state index in [4.69, 9.17) is 4.74 Å². The first-order chi connectivity index (χ1) is 8.79. The van der Waals surface area contributed by atoms with Crippen LogP contribution < -0.4 is 16.0 Å². The lowest BCUT2D eigenvalue weighted by molar-refractivity contribution is -0.119. The smallest absolute Gasteiger partial charge is 0.220 e. The standard InChI is InChI=1S/C4H9NO.2C4H7NO.3CH4/c1-3-6-4-2-5-1;2*6-4-2-1-3-5-4;;;/h5H,1-4H2;2*1-3H2,(H,5,6);3*1H4. The highest BCUT2D eigenvalue weighted by atomic mass is 16.5. The number of nitrogens with one attached hydrogen (secondary N) is 3. The Morgan fingerprint density at radius 3 is 1.24 bits per heavy atom. The second-order valence-corrected chi connectivity index (χ2v) is 4.27. The zero-order valence-electron chi connectivity index (χ0n) is 10.8. The molecule has 0 saturated carbocycles. The molecule has 128 valence electrons. The number of carbonyl (C=O) groups is 2. The Balaban J connectivity index is -0.000000216. The van der Waals surface area contributed by atoms with Crippen LogP contribution in [0.4, 0.5) is 0 Å². The summed E-state index contributed by atoms with van der Waals surface area (Å²) in [5.41, 5.74) is 0. The minimum Gasteiger partial charge on any atom is -0.379 e. The van der Waals surface area contributed by atoms with Gasteiger partial charge >= 0.3 is 0 Å². The van der Waals surface area contributed by atoms with Crippen molar-refractivity contribution < 1.29 is 14.3 Å². The fourth-order valence-electron chi connectivity index (χ4n) is 1.65. The van der Waals surface area contributed by atoms with Crippen LogP contribution >= 0.6 is 0 Å². The summed E-state index contributed by atoms with van der Waals surface area (Å²) in [7, 11) is 0. The van der Waals surface area contributed by atoms with Crippen molar-refractivity contribution in [3.8, 4) is 0 Å². The minimum absolute atomic E-state index is 0. The normalized spacial score (nSPS) is 18.9. The molecule has 0 spiro atoms. The highest BCUT2D eigenvalue weighted by Crippen LogP contribution is 1.93. The van der Waals surface area contributed by atoms with Gasteiger partial charge in [-0.15, -0.1) is 0 Å². The summed E-state index contributed by atoms with van der Waals surface area (Å²) in [6.07, 6.45) is 3.53. The van der Waals surface area contributed by atoms with E-state index in [-0.39, 0.29) is 34.1 Å². The summed E-state index contributed by atoms with van der Waals surface area (Å²) in [6, 6.07) is 0. The molecule has 0 aromatic carbocycles. The van der Waals surface area contributed by atoms with Gasteiger partial charge in [0.05, 0.1) is 13.2 Å². The molecule has 3 N–H and O–H groups in total. The molecule has 3 aliphatic heterocycles. The average Bonchev–Trinajstić information content (AvgIpc) is 3.07. The monoisotopic (exact) mass is 305 g/mol. The lowest BCUT2D eigenvalue weighted by Crippen LogP contribution is -2.30. The van der Waals surface area contributed by atoms with Gasteiger partial charge in [-0.25, -0.2) is 0 Å². The van der Waals surface area contributed by atoms with Gasteiger partial charge in [-0.05, 0) is 12.8 Å². The number of hydrogen-bond acceptors (Lipinski definition) is 4. The van der Waals surface area contributed by atoms with E-state index < -0.39 is 0 Å². The van der Waals surface area contributed by atoms with E-state index in [0.29, 0.717) is 0 Å². The SMILES string of the molecule is C.C.C.C1COCCN1.O=C1CCCN1.O=C1CCCN1. The molecule has 0 aromatic rings. The minimum atomic E-state index is 0. The van der Waals surface area contributed by atoms with E-state index in [1.54, 1.807) is 0 Å². The largest absolute Gasteiger partial charge is 0.379 e. The number of rotatable bonds is 0. The molecular weight excluding hydrogens is 270 g/mol. The molecule has 0 unspecified atom stereocenters. The molecule has 0 radical (unpaired) electrons. The van der Waals surface area contributed by atoms with Crippen LogP contribution in [0.2, 0.25) is 0 Å². The van der Waals surface area contributed by atoms with Crippen LogP contribution in [0.15, 0.2) is 0 Å². The fourth-order valence-corrected chi connectivity index (χ4v) is 1.65.